The molecule has 1 amide bonds. The lowest BCUT2D eigenvalue weighted by Crippen LogP contribution is -2.39. The Kier molecular flexibility index (Phi) is 5.52. The van der Waals surface area contributed by atoms with Crippen molar-refractivity contribution in [3.63, 3.8) is 0 Å². The molecule has 0 bridgehead atoms. The summed E-state index contributed by atoms with van der Waals surface area (Å²) in [5, 5.41) is 6.99. The van der Waals surface area contributed by atoms with Crippen LogP contribution in [0.5, 0.6) is 0 Å². The van der Waals surface area contributed by atoms with E-state index in [-0.39, 0.29) is 17.4 Å². The van der Waals surface area contributed by atoms with Crippen LogP contribution in [0.2, 0.25) is 0 Å². The number of carbonyl (C=O) groups excluding carboxylic acids is 1. The number of aromatic nitrogens is 2. The zero-order valence-electron chi connectivity index (χ0n) is 17.5. The van der Waals surface area contributed by atoms with Crippen molar-refractivity contribution in [2.45, 2.75) is 25.3 Å². The quantitative estimate of drug-likeness (QED) is 0.613. The molecule has 0 atom stereocenters. The second-order valence-corrected chi connectivity index (χ2v) is 10.7. The van der Waals surface area contributed by atoms with Crippen LogP contribution in [0.4, 0.5) is 5.69 Å². The van der Waals surface area contributed by atoms with E-state index in [0.29, 0.717) is 48.5 Å². The van der Waals surface area contributed by atoms with Crippen LogP contribution in [-0.4, -0.2) is 54.0 Å². The number of nitrogens with one attached hydrogen (secondary N) is 1. The molecule has 2 aliphatic rings. The van der Waals surface area contributed by atoms with Crippen molar-refractivity contribution in [2.24, 2.45) is 0 Å². The maximum Gasteiger partial charge on any atom is 0.255 e. The van der Waals surface area contributed by atoms with Gasteiger partial charge in [0.25, 0.3) is 5.91 Å². The predicted octanol–water partition coefficient (Wildman–Crippen LogP) is 3.10. The number of anilines is 1. The monoisotopic (exact) mass is 452 g/mol. The van der Waals surface area contributed by atoms with E-state index in [2.05, 4.69) is 20.4 Å². The molecule has 0 radical (unpaired) electrons. The van der Waals surface area contributed by atoms with Gasteiger partial charge in [0.15, 0.2) is 9.84 Å². The Hall–Kier alpha value is -3.04. The molecule has 166 valence electrons. The van der Waals surface area contributed by atoms with E-state index >= 15 is 0 Å². The maximum absolute atomic E-state index is 12.8. The van der Waals surface area contributed by atoms with Crippen molar-refractivity contribution in [1.29, 1.82) is 0 Å². The van der Waals surface area contributed by atoms with Gasteiger partial charge in [-0.05, 0) is 42.7 Å². The largest absolute Gasteiger partial charge is 0.339 e. The molecule has 2 fully saturated rings. The molecule has 5 rings (SSSR count). The molecule has 2 aromatic carbocycles. The molecule has 1 N–H and O–H groups in total. The van der Waals surface area contributed by atoms with Gasteiger partial charge in [0.2, 0.25) is 11.7 Å². The number of sulfone groups is 1. The molecule has 9 heteroatoms. The van der Waals surface area contributed by atoms with E-state index < -0.39 is 9.84 Å². The lowest BCUT2D eigenvalue weighted by atomic mass is 10.1. The van der Waals surface area contributed by atoms with E-state index in [0.717, 1.165) is 24.0 Å². The van der Waals surface area contributed by atoms with Gasteiger partial charge in [-0.1, -0.05) is 29.4 Å². The van der Waals surface area contributed by atoms with Crippen molar-refractivity contribution in [3.05, 3.63) is 65.5 Å². The Morgan fingerprint density at radius 2 is 1.88 bits per heavy atom. The summed E-state index contributed by atoms with van der Waals surface area (Å²) < 4.78 is 28.6. The van der Waals surface area contributed by atoms with Crippen LogP contribution in [0.15, 0.2) is 53.1 Å². The van der Waals surface area contributed by atoms with Crippen molar-refractivity contribution < 1.29 is 17.7 Å². The van der Waals surface area contributed by atoms with Crippen LogP contribution >= 0.6 is 0 Å². The van der Waals surface area contributed by atoms with Crippen LogP contribution in [0.25, 0.3) is 11.4 Å². The van der Waals surface area contributed by atoms with Gasteiger partial charge < -0.3 is 9.84 Å². The highest BCUT2D eigenvalue weighted by molar-refractivity contribution is 7.91. The Labute approximate surface area is 186 Å². The second kappa shape index (κ2) is 8.48. The molecule has 0 unspecified atom stereocenters. The average Bonchev–Trinajstić information content (AvgIpc) is 3.52. The van der Waals surface area contributed by atoms with Gasteiger partial charge in [0.05, 0.1) is 11.5 Å². The molecular weight excluding hydrogens is 428 g/mol. The minimum absolute atomic E-state index is 0.187. The number of carbonyl (C=O) groups is 1. The number of hydrogen-bond donors (Lipinski definition) is 1. The Morgan fingerprint density at radius 3 is 2.66 bits per heavy atom. The molecule has 1 saturated heterocycles. The molecule has 1 aromatic heterocycles. The van der Waals surface area contributed by atoms with Crippen LogP contribution in [-0.2, 0) is 16.4 Å². The van der Waals surface area contributed by atoms with Gasteiger partial charge in [-0.3, -0.25) is 9.69 Å². The molecule has 32 heavy (non-hydrogen) atoms. The van der Waals surface area contributed by atoms with E-state index in [9.17, 15) is 13.2 Å². The minimum atomic E-state index is -2.91. The first-order valence-electron chi connectivity index (χ1n) is 10.7. The summed E-state index contributed by atoms with van der Waals surface area (Å²) in [6, 6.07) is 14.8. The maximum atomic E-state index is 12.8. The lowest BCUT2D eigenvalue weighted by molar-refractivity contribution is 0.102. The summed E-state index contributed by atoms with van der Waals surface area (Å²) in [6.07, 6.45) is 2.18. The van der Waals surface area contributed by atoms with E-state index in [4.69, 9.17) is 4.52 Å². The van der Waals surface area contributed by atoms with Crippen molar-refractivity contribution >= 4 is 21.4 Å². The molecule has 0 spiro atoms. The highest BCUT2D eigenvalue weighted by atomic mass is 32.2. The summed E-state index contributed by atoms with van der Waals surface area (Å²) in [4.78, 5) is 19.4. The third-order valence-corrected chi connectivity index (χ3v) is 7.39. The van der Waals surface area contributed by atoms with Gasteiger partial charge in [0.1, 0.15) is 0 Å². The minimum Gasteiger partial charge on any atom is -0.339 e. The smallest absolute Gasteiger partial charge is 0.255 e. The topological polar surface area (TPSA) is 105 Å². The number of nitrogens with zero attached hydrogens (tertiary/aromatic N) is 3. The molecular formula is C23H24N4O4S. The SMILES string of the molecule is O=C(Nc1cccc(-c2noc(C3CC3)n2)c1)c1cccc(CN2CCS(=O)(=O)CC2)c1. The third-order valence-electron chi connectivity index (χ3n) is 5.78. The lowest BCUT2D eigenvalue weighted by Gasteiger charge is -2.26. The molecule has 1 aliphatic heterocycles. The second-order valence-electron chi connectivity index (χ2n) is 8.39. The zero-order valence-corrected chi connectivity index (χ0v) is 18.3. The van der Waals surface area contributed by atoms with Crippen molar-refractivity contribution in [2.75, 3.05) is 29.9 Å². The standard InChI is InChI=1S/C23H24N4O4S/c28-22(19-5-1-3-16(13-19)15-27-9-11-32(29,30)12-10-27)24-20-6-2-4-18(14-20)21-25-23(31-26-21)17-7-8-17/h1-6,13-14,17H,7-12,15H2,(H,24,28). The summed E-state index contributed by atoms with van der Waals surface area (Å²) >= 11 is 0. The van der Waals surface area contributed by atoms with Crippen LogP contribution < -0.4 is 5.32 Å². The zero-order chi connectivity index (χ0) is 22.1. The molecule has 2 heterocycles. The van der Waals surface area contributed by atoms with Gasteiger partial charge in [0, 0.05) is 42.4 Å². The fourth-order valence-electron chi connectivity index (χ4n) is 3.77. The molecule has 3 aromatic rings. The normalized spacial score (nSPS) is 18.4. The van der Waals surface area contributed by atoms with Crippen LogP contribution in [0.1, 0.15) is 40.6 Å². The van der Waals surface area contributed by atoms with Gasteiger partial charge in [-0.2, -0.15) is 4.98 Å². The summed E-state index contributed by atoms with van der Waals surface area (Å²) in [6.45, 7) is 1.65. The van der Waals surface area contributed by atoms with Gasteiger partial charge >= 0.3 is 0 Å². The van der Waals surface area contributed by atoms with E-state index in [1.165, 1.54) is 0 Å². The van der Waals surface area contributed by atoms with Crippen LogP contribution in [0, 0.1) is 0 Å². The van der Waals surface area contributed by atoms with E-state index in [1.807, 2.05) is 42.5 Å². The number of hydrogen-bond acceptors (Lipinski definition) is 7. The number of rotatable bonds is 6. The first-order valence-corrected chi connectivity index (χ1v) is 12.5. The van der Waals surface area contributed by atoms with E-state index in [1.54, 1.807) is 6.07 Å². The fraction of sp³-hybridized carbons (Fsp3) is 0.348. The highest BCUT2D eigenvalue weighted by Gasteiger charge is 2.29. The predicted molar refractivity (Wildman–Crippen MR) is 120 cm³/mol. The Balaban J connectivity index is 1.25. The summed E-state index contributed by atoms with van der Waals surface area (Å²) in [7, 11) is -2.91. The summed E-state index contributed by atoms with van der Waals surface area (Å²) in [5.41, 5.74) is 2.96. The molecule has 1 saturated carbocycles. The Morgan fingerprint density at radius 1 is 1.09 bits per heavy atom. The average molecular weight is 453 g/mol. The Bertz CT molecular complexity index is 1240. The first-order chi connectivity index (χ1) is 15.4. The van der Waals surface area contributed by atoms with Crippen molar-refractivity contribution in [1.82, 2.24) is 15.0 Å². The molecule has 1 aliphatic carbocycles. The number of benzene rings is 2. The highest BCUT2D eigenvalue weighted by Crippen LogP contribution is 2.39. The van der Waals surface area contributed by atoms with Gasteiger partial charge in [-0.15, -0.1) is 0 Å². The summed E-state index contributed by atoms with van der Waals surface area (Å²) in [5.74, 6) is 1.75. The third kappa shape index (κ3) is 4.89. The number of amides is 1. The first kappa shape index (κ1) is 20.8. The fourth-order valence-corrected chi connectivity index (χ4v) is 5.04. The van der Waals surface area contributed by atoms with Crippen molar-refractivity contribution in [3.8, 4) is 11.4 Å². The van der Waals surface area contributed by atoms with Crippen LogP contribution in [0.3, 0.4) is 0 Å². The molecule has 8 nitrogen and oxygen atoms in total. The van der Waals surface area contributed by atoms with Gasteiger partial charge in [-0.25, -0.2) is 8.42 Å².